The number of carbonyl (C=O) groups is 2. The van der Waals surface area contributed by atoms with Gasteiger partial charge in [0.15, 0.2) is 0 Å². The van der Waals surface area contributed by atoms with Crippen molar-refractivity contribution in [2.45, 2.75) is 61.9 Å². The van der Waals surface area contributed by atoms with Crippen molar-refractivity contribution in [1.82, 2.24) is 10.0 Å². The molecule has 8 heteroatoms. The van der Waals surface area contributed by atoms with Crippen LogP contribution in [0.5, 0.6) is 0 Å². The lowest BCUT2D eigenvalue weighted by Crippen LogP contribution is -2.43. The fourth-order valence-corrected chi connectivity index (χ4v) is 5.83. The van der Waals surface area contributed by atoms with Crippen LogP contribution < -0.4 is 14.9 Å². The molecule has 0 aromatic heterocycles. The predicted molar refractivity (Wildman–Crippen MR) is 123 cm³/mol. The zero-order valence-electron chi connectivity index (χ0n) is 18.6. The van der Waals surface area contributed by atoms with Crippen LogP contribution in [0.2, 0.25) is 0 Å². The fourth-order valence-electron chi connectivity index (χ4n) is 4.62. The van der Waals surface area contributed by atoms with Crippen LogP contribution in [0.3, 0.4) is 0 Å². The number of nitrogens with one attached hydrogen (secondary N) is 2. The van der Waals surface area contributed by atoms with Crippen molar-refractivity contribution in [2.75, 3.05) is 11.9 Å². The molecule has 0 radical (unpaired) electrons. The number of sulfonamides is 1. The number of rotatable bonds is 6. The minimum absolute atomic E-state index is 0.0297. The molecular weight excluding hydrogens is 426 g/mol. The average Bonchev–Trinajstić information content (AvgIpc) is 3.34. The lowest BCUT2D eigenvalue weighted by molar-refractivity contribution is -0.123. The van der Waals surface area contributed by atoms with Crippen LogP contribution in [0, 0.1) is 0 Å². The predicted octanol–water partition coefficient (Wildman–Crippen LogP) is 3.02. The lowest BCUT2D eigenvalue weighted by Gasteiger charge is -2.22. The van der Waals surface area contributed by atoms with Crippen molar-refractivity contribution in [3.05, 3.63) is 59.7 Å². The summed E-state index contributed by atoms with van der Waals surface area (Å²) in [6, 6.07) is 12.5. The van der Waals surface area contributed by atoms with Crippen molar-refractivity contribution in [1.29, 1.82) is 0 Å². The van der Waals surface area contributed by atoms with Gasteiger partial charge in [-0.2, -0.15) is 4.72 Å². The first kappa shape index (κ1) is 22.5. The zero-order valence-corrected chi connectivity index (χ0v) is 19.4. The molecule has 1 aliphatic heterocycles. The Balaban J connectivity index is 1.66. The largest absolute Gasteiger partial charge is 0.352 e. The Kier molecular flexibility index (Phi) is 5.85. The summed E-state index contributed by atoms with van der Waals surface area (Å²) in [5.74, 6) is -0.448. The summed E-state index contributed by atoms with van der Waals surface area (Å²) in [5, 5.41) is 3.00. The minimum atomic E-state index is -4.03. The van der Waals surface area contributed by atoms with Crippen molar-refractivity contribution >= 4 is 27.5 Å². The van der Waals surface area contributed by atoms with E-state index in [1.54, 1.807) is 56.1 Å². The molecule has 1 aliphatic carbocycles. The maximum atomic E-state index is 13.3. The fraction of sp³-hybridized carbons (Fsp3) is 0.417. The third-order valence-electron chi connectivity index (χ3n) is 6.52. The van der Waals surface area contributed by atoms with E-state index in [0.29, 0.717) is 16.8 Å². The lowest BCUT2D eigenvalue weighted by atomic mass is 9.86. The molecule has 2 aliphatic rings. The van der Waals surface area contributed by atoms with Gasteiger partial charge in [-0.3, -0.25) is 9.59 Å². The van der Waals surface area contributed by atoms with Gasteiger partial charge in [0.1, 0.15) is 6.04 Å². The van der Waals surface area contributed by atoms with Crippen LogP contribution in [-0.4, -0.2) is 33.3 Å². The van der Waals surface area contributed by atoms with Gasteiger partial charge in [-0.1, -0.05) is 43.2 Å². The first-order valence-corrected chi connectivity index (χ1v) is 12.4. The second kappa shape index (κ2) is 8.33. The van der Waals surface area contributed by atoms with E-state index in [-0.39, 0.29) is 22.8 Å². The monoisotopic (exact) mass is 455 g/mol. The molecule has 0 spiro atoms. The molecule has 1 fully saturated rings. The third-order valence-corrected chi connectivity index (χ3v) is 7.94. The summed E-state index contributed by atoms with van der Waals surface area (Å²) in [4.78, 5) is 27.2. The minimum Gasteiger partial charge on any atom is -0.352 e. The maximum absolute atomic E-state index is 13.3. The van der Waals surface area contributed by atoms with Gasteiger partial charge < -0.3 is 10.2 Å². The highest BCUT2D eigenvalue weighted by atomic mass is 32.2. The van der Waals surface area contributed by atoms with Gasteiger partial charge in [0, 0.05) is 18.8 Å². The number of anilines is 1. The van der Waals surface area contributed by atoms with Gasteiger partial charge in [-0.25, -0.2) is 8.42 Å². The van der Waals surface area contributed by atoms with Gasteiger partial charge >= 0.3 is 0 Å². The van der Waals surface area contributed by atoms with Crippen LogP contribution in [0.1, 0.15) is 56.7 Å². The highest BCUT2D eigenvalue weighted by Crippen LogP contribution is 2.41. The Morgan fingerprint density at radius 2 is 1.75 bits per heavy atom. The van der Waals surface area contributed by atoms with Gasteiger partial charge in [-0.15, -0.1) is 0 Å². The molecule has 7 nitrogen and oxygen atoms in total. The van der Waals surface area contributed by atoms with Crippen molar-refractivity contribution in [2.24, 2.45) is 0 Å². The number of nitrogens with zero attached hydrogens (tertiary/aromatic N) is 1. The van der Waals surface area contributed by atoms with Crippen LogP contribution in [0.15, 0.2) is 53.4 Å². The second-order valence-corrected chi connectivity index (χ2v) is 10.8. The van der Waals surface area contributed by atoms with Gasteiger partial charge in [0.2, 0.25) is 21.8 Å². The summed E-state index contributed by atoms with van der Waals surface area (Å²) in [5.41, 5.74) is 1.09. The highest BCUT2D eigenvalue weighted by Gasteiger charge is 2.43. The Hall–Kier alpha value is -2.71. The topological polar surface area (TPSA) is 95.6 Å². The number of fused-ring (bicyclic) bond motifs is 1. The molecule has 2 aromatic rings. The quantitative estimate of drug-likeness (QED) is 0.700. The maximum Gasteiger partial charge on any atom is 0.242 e. The molecule has 2 aromatic carbocycles. The summed E-state index contributed by atoms with van der Waals surface area (Å²) < 4.78 is 29.3. The van der Waals surface area contributed by atoms with Gasteiger partial charge in [0.25, 0.3) is 0 Å². The second-order valence-electron chi connectivity index (χ2n) is 9.12. The molecule has 1 atom stereocenters. The molecule has 32 heavy (non-hydrogen) atoms. The standard InChI is InChI=1S/C24H29N3O4S/c1-24(2)19-15-18(13-14-20(19)27(3)23(24)29)32(30,31)26-21(16-9-5-4-6-10-16)22(28)25-17-11-7-8-12-17/h4-6,9-10,13-15,17,21,26H,7-8,11-12H2,1-3H3,(H,25,28)/t21-/m1/s1. The van der Waals surface area contributed by atoms with Crippen LogP contribution in [0.4, 0.5) is 5.69 Å². The molecule has 0 bridgehead atoms. The Morgan fingerprint density at radius 3 is 2.41 bits per heavy atom. The Labute approximate surface area is 189 Å². The third kappa shape index (κ3) is 4.04. The molecule has 1 heterocycles. The number of benzene rings is 2. The van der Waals surface area contributed by atoms with Crippen molar-refractivity contribution in [3.8, 4) is 0 Å². The van der Waals surface area contributed by atoms with Crippen LogP contribution in [-0.2, 0) is 25.0 Å². The molecular formula is C24H29N3O4S. The SMILES string of the molecule is CN1C(=O)C(C)(C)c2cc(S(=O)(=O)N[C@@H](C(=O)NC3CCCC3)c3ccccc3)ccc21. The molecule has 0 unspecified atom stereocenters. The van der Waals surface area contributed by atoms with E-state index < -0.39 is 21.5 Å². The normalized spacial score (nSPS) is 19.1. The van der Waals surface area contributed by atoms with Crippen molar-refractivity contribution < 1.29 is 18.0 Å². The Morgan fingerprint density at radius 1 is 1.09 bits per heavy atom. The van der Waals surface area contributed by atoms with Gasteiger partial charge in [0.05, 0.1) is 10.3 Å². The van der Waals surface area contributed by atoms with E-state index >= 15 is 0 Å². The van der Waals surface area contributed by atoms with E-state index in [0.717, 1.165) is 25.7 Å². The molecule has 2 amide bonds. The molecule has 4 rings (SSSR count). The first-order chi connectivity index (χ1) is 15.1. The number of likely N-dealkylation sites (N-methyl/N-ethyl adjacent to an activating group) is 1. The molecule has 2 N–H and O–H groups in total. The summed E-state index contributed by atoms with van der Waals surface area (Å²) >= 11 is 0. The van der Waals surface area contributed by atoms with E-state index in [2.05, 4.69) is 10.0 Å². The summed E-state index contributed by atoms with van der Waals surface area (Å²) in [6.07, 6.45) is 3.93. The van der Waals surface area contributed by atoms with Crippen LogP contribution in [0.25, 0.3) is 0 Å². The number of carbonyl (C=O) groups excluding carboxylic acids is 2. The number of hydrogen-bond donors (Lipinski definition) is 2. The average molecular weight is 456 g/mol. The summed E-state index contributed by atoms with van der Waals surface area (Å²) in [7, 11) is -2.35. The number of amides is 2. The van der Waals surface area contributed by atoms with E-state index in [9.17, 15) is 18.0 Å². The van der Waals surface area contributed by atoms with Crippen molar-refractivity contribution in [3.63, 3.8) is 0 Å². The van der Waals surface area contributed by atoms with Crippen LogP contribution >= 0.6 is 0 Å². The smallest absolute Gasteiger partial charge is 0.242 e. The highest BCUT2D eigenvalue weighted by molar-refractivity contribution is 7.89. The van der Waals surface area contributed by atoms with E-state index in [4.69, 9.17) is 0 Å². The molecule has 0 saturated heterocycles. The Bertz CT molecular complexity index is 1140. The van der Waals surface area contributed by atoms with E-state index in [1.807, 2.05) is 6.07 Å². The molecule has 170 valence electrons. The summed E-state index contributed by atoms with van der Waals surface area (Å²) in [6.45, 7) is 3.56. The van der Waals surface area contributed by atoms with E-state index in [1.165, 1.54) is 12.1 Å². The zero-order chi connectivity index (χ0) is 23.1. The first-order valence-electron chi connectivity index (χ1n) is 10.9. The van der Waals surface area contributed by atoms with Gasteiger partial charge in [-0.05, 0) is 56.0 Å². The number of hydrogen-bond acceptors (Lipinski definition) is 4. The molecule has 1 saturated carbocycles.